The van der Waals surface area contributed by atoms with Crippen molar-refractivity contribution in [1.29, 1.82) is 0 Å². The van der Waals surface area contributed by atoms with Gasteiger partial charge < -0.3 is 14.2 Å². The topological polar surface area (TPSA) is 78.9 Å². The van der Waals surface area contributed by atoms with Crippen LogP contribution in [0.5, 0.6) is 0 Å². The molecule has 6 nitrogen and oxygen atoms in total. The summed E-state index contributed by atoms with van der Waals surface area (Å²) in [4.78, 5) is 38.2. The van der Waals surface area contributed by atoms with Crippen molar-refractivity contribution >= 4 is 17.9 Å². The molecule has 69 heavy (non-hydrogen) atoms. The highest BCUT2D eigenvalue weighted by Crippen LogP contribution is 2.19. The van der Waals surface area contributed by atoms with Gasteiger partial charge in [-0.3, -0.25) is 14.4 Å². The summed E-state index contributed by atoms with van der Waals surface area (Å²) in [5.41, 5.74) is 0. The van der Waals surface area contributed by atoms with Gasteiger partial charge in [0.1, 0.15) is 13.2 Å². The maximum atomic E-state index is 12.9. The Morgan fingerprint density at radius 2 is 0.507 bits per heavy atom. The molecule has 0 heterocycles. The molecule has 0 N–H and O–H groups in total. The normalized spacial score (nSPS) is 12.5. The summed E-state index contributed by atoms with van der Waals surface area (Å²) in [6, 6.07) is 0. The molecule has 0 bridgehead atoms. The minimum atomic E-state index is -0.764. The molecule has 0 radical (unpaired) electrons. The molecule has 6 heteroatoms. The second-order valence-electron chi connectivity index (χ2n) is 22.9. The summed E-state index contributed by atoms with van der Waals surface area (Å²) < 4.78 is 16.9. The van der Waals surface area contributed by atoms with Gasteiger partial charge in [-0.25, -0.2) is 0 Å². The molecule has 0 spiro atoms. The van der Waals surface area contributed by atoms with Crippen LogP contribution < -0.4 is 0 Å². The first-order chi connectivity index (χ1) is 33.6. The first-order valence-electron chi connectivity index (χ1n) is 31.1. The summed E-state index contributed by atoms with van der Waals surface area (Å²) in [7, 11) is 0. The lowest BCUT2D eigenvalue weighted by atomic mass is 9.99. The third-order valence-electron chi connectivity index (χ3n) is 14.8. The third kappa shape index (κ3) is 55.6. The number of ether oxygens (including phenoxy) is 3. The molecule has 0 aromatic heterocycles. The number of unbranched alkanes of at least 4 members (excludes halogenated alkanes) is 38. The Hall–Kier alpha value is -1.59. The van der Waals surface area contributed by atoms with Crippen molar-refractivity contribution in [3.63, 3.8) is 0 Å². The van der Waals surface area contributed by atoms with Gasteiger partial charge in [-0.05, 0) is 37.0 Å². The van der Waals surface area contributed by atoms with Crippen LogP contribution in [0.3, 0.4) is 0 Å². The summed E-state index contributed by atoms with van der Waals surface area (Å²) in [6.45, 7) is 13.8. The summed E-state index contributed by atoms with van der Waals surface area (Å²) in [5, 5.41) is 0. The molecule has 0 aromatic rings. The first-order valence-corrected chi connectivity index (χ1v) is 31.1. The predicted octanol–water partition coefficient (Wildman–Crippen LogP) is 20.7. The van der Waals surface area contributed by atoms with Gasteiger partial charge in [0.25, 0.3) is 0 Å². The Kier molecular flexibility index (Phi) is 52.9. The van der Waals surface area contributed by atoms with E-state index in [1.165, 1.54) is 231 Å². The van der Waals surface area contributed by atoms with Crippen molar-refractivity contribution in [3.05, 3.63) is 0 Å². The van der Waals surface area contributed by atoms with Gasteiger partial charge in [-0.2, -0.15) is 0 Å². The fraction of sp³-hybridized carbons (Fsp3) is 0.952. The summed E-state index contributed by atoms with van der Waals surface area (Å²) >= 11 is 0. The van der Waals surface area contributed by atoms with Gasteiger partial charge in [-0.15, -0.1) is 0 Å². The van der Waals surface area contributed by atoms with Gasteiger partial charge in [0.2, 0.25) is 0 Å². The number of hydrogen-bond donors (Lipinski definition) is 0. The van der Waals surface area contributed by atoms with E-state index in [9.17, 15) is 14.4 Å². The quantitative estimate of drug-likeness (QED) is 0.0343. The number of esters is 3. The van der Waals surface area contributed by atoms with Crippen LogP contribution in [-0.2, 0) is 28.6 Å². The highest BCUT2D eigenvalue weighted by atomic mass is 16.6. The lowest BCUT2D eigenvalue weighted by molar-refractivity contribution is -0.167. The van der Waals surface area contributed by atoms with Gasteiger partial charge in [0, 0.05) is 19.3 Å². The molecule has 0 saturated carbocycles. The van der Waals surface area contributed by atoms with Crippen molar-refractivity contribution in [2.24, 2.45) is 17.8 Å². The van der Waals surface area contributed by atoms with E-state index in [2.05, 4.69) is 41.5 Å². The molecule has 0 rings (SSSR count). The highest BCUT2D eigenvalue weighted by Gasteiger charge is 2.19. The molecule has 0 aliphatic heterocycles. The zero-order valence-corrected chi connectivity index (χ0v) is 47.6. The van der Waals surface area contributed by atoms with Crippen LogP contribution in [0.4, 0.5) is 0 Å². The van der Waals surface area contributed by atoms with E-state index in [4.69, 9.17) is 14.2 Å². The molecule has 2 atom stereocenters. The van der Waals surface area contributed by atoms with Crippen LogP contribution in [0.25, 0.3) is 0 Å². The van der Waals surface area contributed by atoms with Gasteiger partial charge >= 0.3 is 17.9 Å². The monoisotopic (exact) mass is 975 g/mol. The second-order valence-corrected chi connectivity index (χ2v) is 22.9. The highest BCUT2D eigenvalue weighted by molar-refractivity contribution is 5.71. The van der Waals surface area contributed by atoms with Crippen LogP contribution in [0.2, 0.25) is 0 Å². The van der Waals surface area contributed by atoms with Crippen LogP contribution in [0, 0.1) is 17.8 Å². The average molecular weight is 976 g/mol. The Morgan fingerprint density at radius 3 is 0.754 bits per heavy atom. The fourth-order valence-electron chi connectivity index (χ4n) is 9.67. The van der Waals surface area contributed by atoms with Crippen LogP contribution in [-0.4, -0.2) is 37.2 Å². The molecule has 0 fully saturated rings. The lowest BCUT2D eigenvalue weighted by Gasteiger charge is -2.18. The zero-order valence-electron chi connectivity index (χ0n) is 47.6. The Labute approximate surface area is 431 Å². The van der Waals surface area contributed by atoms with Crippen molar-refractivity contribution in [2.75, 3.05) is 13.2 Å². The van der Waals surface area contributed by atoms with E-state index in [0.717, 1.165) is 75.5 Å². The van der Waals surface area contributed by atoms with Gasteiger partial charge in [0.15, 0.2) is 6.10 Å². The minimum absolute atomic E-state index is 0.0633. The van der Waals surface area contributed by atoms with E-state index >= 15 is 0 Å². The van der Waals surface area contributed by atoms with Gasteiger partial charge in [-0.1, -0.05) is 311 Å². The van der Waals surface area contributed by atoms with E-state index in [-0.39, 0.29) is 31.1 Å². The molecule has 0 aromatic carbocycles. The van der Waals surface area contributed by atoms with Crippen LogP contribution >= 0.6 is 0 Å². The summed E-state index contributed by atoms with van der Waals surface area (Å²) in [6.07, 6.45) is 58.2. The second kappa shape index (κ2) is 54.2. The van der Waals surface area contributed by atoms with E-state index < -0.39 is 6.10 Å². The molecular formula is C63H122O6. The van der Waals surface area contributed by atoms with Gasteiger partial charge in [0.05, 0.1) is 0 Å². The Morgan fingerprint density at radius 1 is 0.290 bits per heavy atom. The van der Waals surface area contributed by atoms with Crippen LogP contribution in [0.1, 0.15) is 350 Å². The average Bonchev–Trinajstić information content (AvgIpc) is 3.32. The third-order valence-corrected chi connectivity index (χ3v) is 14.8. The summed E-state index contributed by atoms with van der Waals surface area (Å²) in [5.74, 6) is 1.71. The molecular weight excluding hydrogens is 853 g/mol. The number of carbonyl (C=O) groups excluding carboxylic acids is 3. The Bertz CT molecular complexity index is 1070. The lowest BCUT2D eigenvalue weighted by Crippen LogP contribution is -2.30. The zero-order chi connectivity index (χ0) is 50.5. The van der Waals surface area contributed by atoms with Crippen molar-refractivity contribution in [3.8, 4) is 0 Å². The SMILES string of the molecule is CCC(C)CCCCCCCCCCCCCCCCCCCCC(=O)OC[C@@H](COC(=O)CCCCCCCCCCC(C)C)OC(=O)CCCCCCCCCCCCCCCCCC(C)C. The van der Waals surface area contributed by atoms with E-state index in [1.807, 2.05) is 0 Å². The maximum absolute atomic E-state index is 12.9. The maximum Gasteiger partial charge on any atom is 0.306 e. The molecule has 0 saturated heterocycles. The van der Waals surface area contributed by atoms with Crippen LogP contribution in [0.15, 0.2) is 0 Å². The number of carbonyl (C=O) groups is 3. The first kappa shape index (κ1) is 67.4. The van der Waals surface area contributed by atoms with Crippen molar-refractivity contribution < 1.29 is 28.6 Å². The minimum Gasteiger partial charge on any atom is -0.462 e. The Balaban J connectivity index is 4.22. The van der Waals surface area contributed by atoms with E-state index in [1.54, 1.807) is 0 Å². The fourth-order valence-corrected chi connectivity index (χ4v) is 9.67. The molecule has 0 amide bonds. The number of rotatable bonds is 56. The van der Waals surface area contributed by atoms with Crippen molar-refractivity contribution in [1.82, 2.24) is 0 Å². The molecule has 1 unspecified atom stereocenters. The molecule has 0 aliphatic rings. The predicted molar refractivity (Wildman–Crippen MR) is 298 cm³/mol. The standard InChI is InChI=1S/C63H122O6/c1-7-59(6)51-45-39-33-26-22-18-14-10-8-9-11-15-19-23-27-34-40-46-52-61(64)67-55-60(56-68-62(65)53-47-41-35-30-29-32-38-44-50-58(4)5)69-63(66)54-48-42-36-28-24-20-16-12-13-17-21-25-31-37-43-49-57(2)3/h57-60H,7-56H2,1-6H3/t59?,60-/m0/s1. The largest absolute Gasteiger partial charge is 0.462 e. The molecule has 0 aliphatic carbocycles. The molecule has 410 valence electrons. The smallest absolute Gasteiger partial charge is 0.306 e. The number of hydrogen-bond acceptors (Lipinski definition) is 6. The van der Waals surface area contributed by atoms with Crippen molar-refractivity contribution in [2.45, 2.75) is 356 Å². The van der Waals surface area contributed by atoms with E-state index in [0.29, 0.717) is 19.3 Å².